The summed E-state index contributed by atoms with van der Waals surface area (Å²) in [6.45, 7) is 3.61. The van der Waals surface area contributed by atoms with Crippen LogP contribution < -0.4 is 5.73 Å². The number of rotatable bonds is 2. The van der Waals surface area contributed by atoms with Crippen LogP contribution in [0, 0.1) is 13.8 Å². The van der Waals surface area contributed by atoms with E-state index in [-0.39, 0.29) is 5.69 Å². The van der Waals surface area contributed by atoms with Crippen molar-refractivity contribution in [2.75, 3.05) is 0 Å². The fourth-order valence-electron chi connectivity index (χ4n) is 1.61. The van der Waals surface area contributed by atoms with Crippen LogP contribution in [-0.4, -0.2) is 20.9 Å². The molecule has 88 valence electrons. The summed E-state index contributed by atoms with van der Waals surface area (Å²) in [6.07, 6.45) is 0. The molecule has 5 nitrogen and oxygen atoms in total. The number of hydrogen-bond acceptors (Lipinski definition) is 3. The quantitative estimate of drug-likeness (QED) is 0.880. The molecule has 1 aromatic carbocycles. The van der Waals surface area contributed by atoms with Crippen molar-refractivity contribution in [2.45, 2.75) is 13.8 Å². The van der Waals surface area contributed by atoms with E-state index in [1.807, 2.05) is 19.1 Å². The zero-order valence-corrected chi connectivity index (χ0v) is 10.2. The molecule has 6 heteroatoms. The lowest BCUT2D eigenvalue weighted by atomic mass is 10.2. The number of aromatic nitrogens is 3. The van der Waals surface area contributed by atoms with Crippen LogP contribution in [0.15, 0.2) is 18.2 Å². The van der Waals surface area contributed by atoms with Crippen LogP contribution in [0.1, 0.15) is 21.7 Å². The molecule has 0 aliphatic heterocycles. The summed E-state index contributed by atoms with van der Waals surface area (Å²) in [5, 5.41) is 8.31. The van der Waals surface area contributed by atoms with Gasteiger partial charge in [-0.25, -0.2) is 4.68 Å². The first-order chi connectivity index (χ1) is 8.02. The van der Waals surface area contributed by atoms with Crippen LogP contribution >= 0.6 is 11.6 Å². The maximum Gasteiger partial charge on any atom is 0.271 e. The number of nitrogens with two attached hydrogens (primary N) is 1. The van der Waals surface area contributed by atoms with Gasteiger partial charge in [0.15, 0.2) is 5.69 Å². The molecule has 1 aromatic heterocycles. The van der Waals surface area contributed by atoms with Gasteiger partial charge in [0.1, 0.15) is 0 Å². The highest BCUT2D eigenvalue weighted by Gasteiger charge is 2.15. The topological polar surface area (TPSA) is 73.8 Å². The molecule has 0 unspecified atom stereocenters. The molecular weight excluding hydrogens is 240 g/mol. The Kier molecular flexibility index (Phi) is 2.85. The minimum absolute atomic E-state index is 0.171. The number of hydrogen-bond donors (Lipinski definition) is 1. The summed E-state index contributed by atoms with van der Waals surface area (Å²) < 4.78 is 1.56. The average molecular weight is 251 g/mol. The Morgan fingerprint density at radius 3 is 2.71 bits per heavy atom. The van der Waals surface area contributed by atoms with Gasteiger partial charge in [-0.2, -0.15) is 0 Å². The van der Waals surface area contributed by atoms with Crippen molar-refractivity contribution in [3.05, 3.63) is 40.2 Å². The Bertz CT molecular complexity index is 591. The van der Waals surface area contributed by atoms with Gasteiger partial charge < -0.3 is 5.73 Å². The predicted octanol–water partition coefficient (Wildman–Crippen LogP) is 1.64. The Hall–Kier alpha value is -1.88. The van der Waals surface area contributed by atoms with E-state index >= 15 is 0 Å². The van der Waals surface area contributed by atoms with Gasteiger partial charge in [0.2, 0.25) is 0 Å². The molecule has 0 atom stereocenters. The molecule has 2 aromatic rings. The molecule has 17 heavy (non-hydrogen) atoms. The van der Waals surface area contributed by atoms with E-state index in [4.69, 9.17) is 17.3 Å². The van der Waals surface area contributed by atoms with E-state index in [0.29, 0.717) is 10.7 Å². The van der Waals surface area contributed by atoms with Crippen LogP contribution in [0.4, 0.5) is 0 Å². The Morgan fingerprint density at radius 1 is 1.41 bits per heavy atom. The molecule has 0 saturated heterocycles. The summed E-state index contributed by atoms with van der Waals surface area (Å²) in [5.74, 6) is -0.589. The van der Waals surface area contributed by atoms with Crippen molar-refractivity contribution in [3.8, 4) is 5.69 Å². The molecule has 2 N–H and O–H groups in total. The van der Waals surface area contributed by atoms with E-state index in [9.17, 15) is 4.79 Å². The Balaban J connectivity index is 2.62. The molecule has 1 amide bonds. The van der Waals surface area contributed by atoms with Gasteiger partial charge in [0.05, 0.1) is 11.4 Å². The van der Waals surface area contributed by atoms with Crippen molar-refractivity contribution in [2.24, 2.45) is 5.73 Å². The minimum Gasteiger partial charge on any atom is -0.364 e. The zero-order chi connectivity index (χ0) is 12.6. The molecule has 0 fully saturated rings. The number of benzene rings is 1. The van der Waals surface area contributed by atoms with Crippen molar-refractivity contribution in [3.63, 3.8) is 0 Å². The van der Waals surface area contributed by atoms with E-state index in [1.165, 1.54) is 0 Å². The van der Waals surface area contributed by atoms with Gasteiger partial charge in [-0.3, -0.25) is 4.79 Å². The number of amides is 1. The lowest BCUT2D eigenvalue weighted by Gasteiger charge is -2.08. The molecule has 0 aliphatic carbocycles. The third-order valence-corrected chi connectivity index (χ3v) is 3.00. The molecule has 0 spiro atoms. The first-order valence-corrected chi connectivity index (χ1v) is 5.37. The number of primary amides is 1. The zero-order valence-electron chi connectivity index (χ0n) is 9.44. The number of nitrogens with zero attached hydrogens (tertiary/aromatic N) is 3. The summed E-state index contributed by atoms with van der Waals surface area (Å²) >= 11 is 6.03. The minimum atomic E-state index is -0.589. The van der Waals surface area contributed by atoms with Crippen molar-refractivity contribution in [1.82, 2.24) is 15.0 Å². The first kappa shape index (κ1) is 11.6. The van der Waals surface area contributed by atoms with Gasteiger partial charge in [-0.15, -0.1) is 5.10 Å². The summed E-state index contributed by atoms with van der Waals surface area (Å²) in [5.41, 5.74) is 7.62. The van der Waals surface area contributed by atoms with Crippen molar-refractivity contribution < 1.29 is 4.79 Å². The highest BCUT2D eigenvalue weighted by molar-refractivity contribution is 6.31. The maximum absolute atomic E-state index is 11.1. The third kappa shape index (κ3) is 1.89. The fraction of sp³-hybridized carbons (Fsp3) is 0.182. The summed E-state index contributed by atoms with van der Waals surface area (Å²) in [4.78, 5) is 11.1. The second-order valence-electron chi connectivity index (χ2n) is 3.68. The second-order valence-corrected chi connectivity index (χ2v) is 4.09. The monoisotopic (exact) mass is 250 g/mol. The molecule has 2 rings (SSSR count). The normalized spacial score (nSPS) is 10.5. The van der Waals surface area contributed by atoms with Gasteiger partial charge in [-0.05, 0) is 31.5 Å². The standard InChI is InChI=1S/C11H11ClN4O/c1-6-8(12)4-3-5-9(6)16-7(2)10(11(13)17)14-15-16/h3-5H,1-2H3,(H2,13,17). The first-order valence-electron chi connectivity index (χ1n) is 5.00. The molecule has 0 radical (unpaired) electrons. The average Bonchev–Trinajstić information content (AvgIpc) is 2.64. The molecule has 0 aliphatic rings. The lowest BCUT2D eigenvalue weighted by Crippen LogP contribution is -2.13. The highest BCUT2D eigenvalue weighted by atomic mass is 35.5. The smallest absolute Gasteiger partial charge is 0.271 e. The third-order valence-electron chi connectivity index (χ3n) is 2.60. The van der Waals surface area contributed by atoms with Gasteiger partial charge >= 0.3 is 0 Å². The number of carbonyl (C=O) groups excluding carboxylic acids is 1. The fourth-order valence-corrected chi connectivity index (χ4v) is 1.78. The van der Waals surface area contributed by atoms with E-state index in [1.54, 1.807) is 17.7 Å². The van der Waals surface area contributed by atoms with E-state index < -0.39 is 5.91 Å². The highest BCUT2D eigenvalue weighted by Crippen LogP contribution is 2.22. The molecule has 0 saturated carbocycles. The molecule has 1 heterocycles. The number of carbonyl (C=O) groups is 1. The van der Waals surface area contributed by atoms with Crippen LogP contribution in [0.25, 0.3) is 5.69 Å². The van der Waals surface area contributed by atoms with Gasteiger partial charge in [-0.1, -0.05) is 22.9 Å². The SMILES string of the molecule is Cc1c(Cl)cccc1-n1nnc(C(N)=O)c1C. The lowest BCUT2D eigenvalue weighted by molar-refractivity contribution is 0.0995. The molecule has 0 bridgehead atoms. The predicted molar refractivity (Wildman–Crippen MR) is 64.4 cm³/mol. The summed E-state index contributed by atoms with van der Waals surface area (Å²) in [7, 11) is 0. The summed E-state index contributed by atoms with van der Waals surface area (Å²) in [6, 6.07) is 5.46. The van der Waals surface area contributed by atoms with E-state index in [2.05, 4.69) is 10.3 Å². The van der Waals surface area contributed by atoms with Crippen LogP contribution in [0.5, 0.6) is 0 Å². The molecular formula is C11H11ClN4O. The van der Waals surface area contributed by atoms with Crippen molar-refractivity contribution in [1.29, 1.82) is 0 Å². The second kappa shape index (κ2) is 4.18. The van der Waals surface area contributed by atoms with Crippen LogP contribution in [0.2, 0.25) is 5.02 Å². The van der Waals surface area contributed by atoms with Gasteiger partial charge in [0.25, 0.3) is 5.91 Å². The largest absolute Gasteiger partial charge is 0.364 e. The number of halogens is 1. The van der Waals surface area contributed by atoms with E-state index in [0.717, 1.165) is 11.3 Å². The van der Waals surface area contributed by atoms with Crippen molar-refractivity contribution >= 4 is 17.5 Å². The Labute approximate surface area is 103 Å². The maximum atomic E-state index is 11.1. The van der Waals surface area contributed by atoms with Gasteiger partial charge in [0, 0.05) is 5.02 Å². The van der Waals surface area contributed by atoms with Crippen LogP contribution in [-0.2, 0) is 0 Å². The Morgan fingerprint density at radius 2 is 2.12 bits per heavy atom. The van der Waals surface area contributed by atoms with Crippen LogP contribution in [0.3, 0.4) is 0 Å².